The van der Waals surface area contributed by atoms with Gasteiger partial charge in [-0.15, -0.1) is 10.2 Å². The van der Waals surface area contributed by atoms with Crippen LogP contribution in [0.4, 0.5) is 5.82 Å². The maximum atomic E-state index is 12.8. The van der Waals surface area contributed by atoms with E-state index in [1.807, 2.05) is 47.2 Å². The van der Waals surface area contributed by atoms with E-state index in [0.717, 1.165) is 25.2 Å². The minimum Gasteiger partial charge on any atom is -0.358 e. The highest BCUT2D eigenvalue weighted by molar-refractivity contribution is 5.92. The summed E-state index contributed by atoms with van der Waals surface area (Å²) in [6.07, 6.45) is 5.38. The number of hydrogen-bond acceptors (Lipinski definition) is 5. The largest absolute Gasteiger partial charge is 0.358 e. The van der Waals surface area contributed by atoms with E-state index >= 15 is 0 Å². The fourth-order valence-electron chi connectivity index (χ4n) is 3.43. The highest BCUT2D eigenvalue weighted by atomic mass is 16.2. The lowest BCUT2D eigenvalue weighted by molar-refractivity contribution is 0.0727. The molecule has 142 valence electrons. The van der Waals surface area contributed by atoms with Crippen LogP contribution in [0.1, 0.15) is 27.2 Å². The van der Waals surface area contributed by atoms with Gasteiger partial charge in [0.05, 0.1) is 0 Å². The summed E-state index contributed by atoms with van der Waals surface area (Å²) >= 11 is 0. The molecular formula is C22H23N5O. The number of hydrogen-bond donors (Lipinski definition) is 0. The van der Waals surface area contributed by atoms with Gasteiger partial charge in [0.1, 0.15) is 0 Å². The van der Waals surface area contributed by atoms with Gasteiger partial charge in [-0.05, 0) is 53.8 Å². The Morgan fingerprint density at radius 1 is 1.04 bits per heavy atom. The predicted octanol–water partition coefficient (Wildman–Crippen LogP) is 2.75. The molecule has 1 aromatic carbocycles. The number of anilines is 1. The van der Waals surface area contributed by atoms with E-state index in [1.165, 1.54) is 16.7 Å². The average Bonchev–Trinajstić information content (AvgIpc) is 2.77. The van der Waals surface area contributed by atoms with Crippen LogP contribution in [-0.4, -0.2) is 46.1 Å². The first-order valence-corrected chi connectivity index (χ1v) is 9.50. The number of benzene rings is 1. The molecule has 6 nitrogen and oxygen atoms in total. The van der Waals surface area contributed by atoms with E-state index in [4.69, 9.17) is 0 Å². The molecule has 1 amide bonds. The zero-order valence-corrected chi connectivity index (χ0v) is 16.0. The van der Waals surface area contributed by atoms with Crippen LogP contribution < -0.4 is 4.90 Å². The van der Waals surface area contributed by atoms with Crippen LogP contribution >= 0.6 is 0 Å². The molecule has 6 heteroatoms. The number of aromatic nitrogens is 3. The predicted molar refractivity (Wildman–Crippen MR) is 108 cm³/mol. The van der Waals surface area contributed by atoms with Crippen LogP contribution in [0.3, 0.4) is 0 Å². The first-order chi connectivity index (χ1) is 13.7. The van der Waals surface area contributed by atoms with Gasteiger partial charge in [0.15, 0.2) is 11.5 Å². The Labute approximate surface area is 164 Å². The second kappa shape index (κ2) is 8.17. The fourth-order valence-corrected chi connectivity index (χ4v) is 3.43. The zero-order valence-electron chi connectivity index (χ0n) is 16.0. The zero-order chi connectivity index (χ0) is 19.3. The summed E-state index contributed by atoms with van der Waals surface area (Å²) in [6, 6.07) is 15.9. The lowest BCUT2D eigenvalue weighted by Gasteiger charge is -2.28. The van der Waals surface area contributed by atoms with Crippen LogP contribution in [0.2, 0.25) is 0 Å². The summed E-state index contributed by atoms with van der Waals surface area (Å²) in [7, 11) is 1.98. The van der Waals surface area contributed by atoms with Crippen LogP contribution in [0.15, 0.2) is 60.9 Å². The Hall–Kier alpha value is -3.28. The van der Waals surface area contributed by atoms with Crippen molar-refractivity contribution in [3.8, 4) is 0 Å². The van der Waals surface area contributed by atoms with Crippen molar-refractivity contribution in [2.75, 3.05) is 25.0 Å². The van der Waals surface area contributed by atoms with Crippen LogP contribution in [0, 0.1) is 0 Å². The summed E-state index contributed by atoms with van der Waals surface area (Å²) in [5.41, 5.74) is 4.16. The van der Waals surface area contributed by atoms with Crippen LogP contribution in [0.5, 0.6) is 0 Å². The standard InChI is InChI=1S/C22H23N5O/c1-26(14-10-17-8-12-23-13-9-17)21-7-6-20(24-25-21)22(28)27-15-11-18-4-2-3-5-19(18)16-27/h2-9,12-13H,10-11,14-16H2,1H3. The number of carbonyl (C=O) groups excluding carboxylic acids is 1. The van der Waals surface area contributed by atoms with Gasteiger partial charge < -0.3 is 9.80 Å². The molecule has 0 saturated heterocycles. The monoisotopic (exact) mass is 373 g/mol. The molecule has 0 atom stereocenters. The van der Waals surface area contributed by atoms with Crippen molar-refractivity contribution < 1.29 is 4.79 Å². The Morgan fingerprint density at radius 2 is 1.82 bits per heavy atom. The molecule has 0 saturated carbocycles. The molecule has 1 aliphatic heterocycles. The molecule has 3 aromatic rings. The van der Waals surface area contributed by atoms with Gasteiger partial charge in [0, 0.05) is 39.1 Å². The normalized spacial score (nSPS) is 13.1. The second-order valence-corrected chi connectivity index (χ2v) is 7.05. The van der Waals surface area contributed by atoms with Crippen molar-refractivity contribution in [1.82, 2.24) is 20.1 Å². The van der Waals surface area contributed by atoms with Crippen molar-refractivity contribution in [3.63, 3.8) is 0 Å². The molecule has 0 N–H and O–H groups in total. The van der Waals surface area contributed by atoms with Crippen molar-refractivity contribution in [3.05, 3.63) is 83.3 Å². The molecule has 3 heterocycles. The maximum absolute atomic E-state index is 12.8. The molecule has 28 heavy (non-hydrogen) atoms. The summed E-state index contributed by atoms with van der Waals surface area (Å²) in [5, 5.41) is 8.46. The fraction of sp³-hybridized carbons (Fsp3) is 0.273. The van der Waals surface area contributed by atoms with E-state index in [1.54, 1.807) is 18.5 Å². The summed E-state index contributed by atoms with van der Waals surface area (Å²) < 4.78 is 0. The van der Waals surface area contributed by atoms with Gasteiger partial charge in [-0.2, -0.15) is 0 Å². The SMILES string of the molecule is CN(CCc1ccncc1)c1ccc(C(=O)N2CCc3ccccc3C2)nn1. The maximum Gasteiger partial charge on any atom is 0.274 e. The minimum atomic E-state index is -0.0620. The summed E-state index contributed by atoms with van der Waals surface area (Å²) in [5.74, 6) is 0.697. The molecule has 1 aliphatic rings. The first kappa shape index (κ1) is 18.1. The number of pyridine rings is 1. The molecule has 0 unspecified atom stereocenters. The van der Waals surface area contributed by atoms with Gasteiger partial charge in [-0.3, -0.25) is 9.78 Å². The molecule has 0 bridgehead atoms. The minimum absolute atomic E-state index is 0.0620. The number of fused-ring (bicyclic) bond motifs is 1. The number of nitrogens with zero attached hydrogens (tertiary/aromatic N) is 5. The molecule has 0 spiro atoms. The average molecular weight is 373 g/mol. The lowest BCUT2D eigenvalue weighted by Crippen LogP contribution is -2.36. The number of amides is 1. The van der Waals surface area contributed by atoms with E-state index in [-0.39, 0.29) is 5.91 Å². The van der Waals surface area contributed by atoms with E-state index in [0.29, 0.717) is 18.8 Å². The number of rotatable bonds is 5. The Bertz CT molecular complexity index is 943. The van der Waals surface area contributed by atoms with E-state index in [2.05, 4.69) is 27.3 Å². The lowest BCUT2D eigenvalue weighted by atomic mass is 10.00. The van der Waals surface area contributed by atoms with E-state index < -0.39 is 0 Å². The topological polar surface area (TPSA) is 62.2 Å². The van der Waals surface area contributed by atoms with Crippen molar-refractivity contribution in [2.45, 2.75) is 19.4 Å². The van der Waals surface area contributed by atoms with Crippen LogP contribution in [0.25, 0.3) is 0 Å². The van der Waals surface area contributed by atoms with Gasteiger partial charge in [-0.1, -0.05) is 24.3 Å². The molecule has 0 aliphatic carbocycles. The Morgan fingerprint density at radius 3 is 2.57 bits per heavy atom. The summed E-state index contributed by atoms with van der Waals surface area (Å²) in [4.78, 5) is 20.7. The van der Waals surface area contributed by atoms with Gasteiger partial charge in [0.2, 0.25) is 0 Å². The highest BCUT2D eigenvalue weighted by Gasteiger charge is 2.22. The Kier molecular flexibility index (Phi) is 5.28. The van der Waals surface area contributed by atoms with Crippen LogP contribution in [-0.2, 0) is 19.4 Å². The molecular weight excluding hydrogens is 350 g/mol. The smallest absolute Gasteiger partial charge is 0.274 e. The molecule has 0 fully saturated rings. The van der Waals surface area contributed by atoms with Gasteiger partial charge >= 0.3 is 0 Å². The van der Waals surface area contributed by atoms with Gasteiger partial charge in [-0.25, -0.2) is 0 Å². The molecule has 2 aromatic heterocycles. The number of carbonyl (C=O) groups is 1. The molecule has 4 rings (SSSR count). The third-order valence-electron chi connectivity index (χ3n) is 5.16. The number of likely N-dealkylation sites (N-methyl/N-ethyl adjacent to an activating group) is 1. The highest BCUT2D eigenvalue weighted by Crippen LogP contribution is 2.20. The quantitative estimate of drug-likeness (QED) is 0.688. The van der Waals surface area contributed by atoms with Crippen molar-refractivity contribution >= 4 is 11.7 Å². The van der Waals surface area contributed by atoms with E-state index in [9.17, 15) is 4.79 Å². The van der Waals surface area contributed by atoms with Crippen molar-refractivity contribution in [1.29, 1.82) is 0 Å². The van der Waals surface area contributed by atoms with Crippen molar-refractivity contribution in [2.24, 2.45) is 0 Å². The summed E-state index contributed by atoms with van der Waals surface area (Å²) in [6.45, 7) is 2.16. The first-order valence-electron chi connectivity index (χ1n) is 9.50. The third kappa shape index (κ3) is 4.01. The Balaban J connectivity index is 1.38. The van der Waals surface area contributed by atoms with Gasteiger partial charge in [0.25, 0.3) is 5.91 Å². The molecule has 0 radical (unpaired) electrons. The third-order valence-corrected chi connectivity index (χ3v) is 5.16. The second-order valence-electron chi connectivity index (χ2n) is 7.05.